The van der Waals surface area contributed by atoms with Crippen molar-refractivity contribution in [2.75, 3.05) is 20.3 Å². The van der Waals surface area contributed by atoms with Gasteiger partial charge in [0, 0.05) is 13.7 Å². The zero-order chi connectivity index (χ0) is 14.2. The number of carbonyl (C=O) groups is 2. The lowest BCUT2D eigenvalue weighted by molar-refractivity contribution is -0.173. The highest BCUT2D eigenvalue weighted by molar-refractivity contribution is 5.99. The largest absolute Gasteiger partial charge is 0.480 e. The summed E-state index contributed by atoms with van der Waals surface area (Å²) in [4.78, 5) is 23.5. The lowest BCUT2D eigenvalue weighted by atomic mass is 9.73. The molecule has 0 saturated heterocycles. The van der Waals surface area contributed by atoms with Crippen LogP contribution in [0.3, 0.4) is 0 Å². The number of unbranched alkanes of at least 4 members (excludes halogenated alkanes) is 1. The Balaban J connectivity index is 4.87. The van der Waals surface area contributed by atoms with Crippen LogP contribution in [-0.2, 0) is 19.1 Å². The number of carbonyl (C=O) groups excluding carboxylic acids is 1. The quantitative estimate of drug-likeness (QED) is 0.390. The van der Waals surface area contributed by atoms with Crippen LogP contribution >= 0.6 is 0 Å². The molecule has 5 heteroatoms. The Morgan fingerprint density at radius 2 is 1.89 bits per heavy atom. The van der Waals surface area contributed by atoms with Crippen molar-refractivity contribution in [3.63, 3.8) is 0 Å². The van der Waals surface area contributed by atoms with Crippen LogP contribution in [0.25, 0.3) is 0 Å². The van der Waals surface area contributed by atoms with Crippen molar-refractivity contribution in [3.05, 3.63) is 0 Å². The van der Waals surface area contributed by atoms with E-state index < -0.39 is 17.4 Å². The first-order chi connectivity index (χ1) is 8.43. The first-order valence-corrected chi connectivity index (χ1v) is 6.33. The Morgan fingerprint density at radius 1 is 1.28 bits per heavy atom. The fourth-order valence-corrected chi connectivity index (χ4v) is 1.98. The molecule has 0 bridgehead atoms. The maximum Gasteiger partial charge on any atom is 0.323 e. The third-order valence-corrected chi connectivity index (χ3v) is 3.18. The number of ether oxygens (including phenoxy) is 2. The molecule has 0 aliphatic heterocycles. The molecule has 0 fully saturated rings. The molecule has 0 aromatic rings. The Labute approximate surface area is 108 Å². The Bertz CT molecular complexity index is 275. The van der Waals surface area contributed by atoms with Gasteiger partial charge >= 0.3 is 11.9 Å². The van der Waals surface area contributed by atoms with Crippen LogP contribution in [0, 0.1) is 11.3 Å². The van der Waals surface area contributed by atoms with Crippen molar-refractivity contribution >= 4 is 11.9 Å². The van der Waals surface area contributed by atoms with Crippen molar-refractivity contribution in [2.24, 2.45) is 11.3 Å². The average molecular weight is 260 g/mol. The number of carboxylic acids is 1. The molecule has 5 nitrogen and oxygen atoms in total. The molecule has 0 aliphatic rings. The Hall–Kier alpha value is -1.10. The predicted octanol–water partition coefficient (Wildman–Crippen LogP) is 2.09. The second kappa shape index (κ2) is 8.08. The van der Waals surface area contributed by atoms with E-state index >= 15 is 0 Å². The minimum atomic E-state index is -1.44. The average Bonchev–Trinajstić information content (AvgIpc) is 2.28. The van der Waals surface area contributed by atoms with Crippen LogP contribution in [0.4, 0.5) is 0 Å². The number of methoxy groups -OCH3 is 1. The van der Waals surface area contributed by atoms with Gasteiger partial charge in [0.1, 0.15) is 0 Å². The van der Waals surface area contributed by atoms with E-state index in [2.05, 4.69) is 0 Å². The van der Waals surface area contributed by atoms with Gasteiger partial charge in [0.05, 0.1) is 6.61 Å². The number of aliphatic carboxylic acids is 1. The van der Waals surface area contributed by atoms with Crippen molar-refractivity contribution in [1.82, 2.24) is 0 Å². The van der Waals surface area contributed by atoms with Crippen molar-refractivity contribution < 1.29 is 24.2 Å². The second-order valence-corrected chi connectivity index (χ2v) is 4.60. The monoisotopic (exact) mass is 260 g/mol. The summed E-state index contributed by atoms with van der Waals surface area (Å²) in [6.07, 6.45) is 1.64. The van der Waals surface area contributed by atoms with E-state index in [0.717, 1.165) is 6.42 Å². The van der Waals surface area contributed by atoms with Crippen molar-refractivity contribution in [3.8, 4) is 0 Å². The van der Waals surface area contributed by atoms with Gasteiger partial charge in [-0.1, -0.05) is 13.8 Å². The number of esters is 1. The molecule has 0 aromatic heterocycles. The lowest BCUT2D eigenvalue weighted by Crippen LogP contribution is -2.45. The maximum absolute atomic E-state index is 12.0. The van der Waals surface area contributed by atoms with Gasteiger partial charge in [0.25, 0.3) is 0 Å². The van der Waals surface area contributed by atoms with E-state index in [1.807, 2.05) is 0 Å². The molecular weight excluding hydrogens is 236 g/mol. The molecule has 0 heterocycles. The predicted molar refractivity (Wildman–Crippen MR) is 67.3 cm³/mol. The summed E-state index contributed by atoms with van der Waals surface area (Å²) >= 11 is 0. The van der Waals surface area contributed by atoms with Gasteiger partial charge in [-0.2, -0.15) is 0 Å². The zero-order valence-electron chi connectivity index (χ0n) is 11.7. The van der Waals surface area contributed by atoms with Gasteiger partial charge in [-0.05, 0) is 32.1 Å². The second-order valence-electron chi connectivity index (χ2n) is 4.60. The van der Waals surface area contributed by atoms with Crippen molar-refractivity contribution in [2.45, 2.75) is 40.0 Å². The van der Waals surface area contributed by atoms with Crippen LogP contribution < -0.4 is 0 Å². The van der Waals surface area contributed by atoms with E-state index in [9.17, 15) is 14.7 Å². The smallest absolute Gasteiger partial charge is 0.323 e. The zero-order valence-corrected chi connectivity index (χ0v) is 11.7. The first-order valence-electron chi connectivity index (χ1n) is 6.33. The standard InChI is InChI=1S/C13H24O5/c1-5-18-12(16)13(10(2)3,11(14)15)8-6-7-9-17-4/h10H,5-9H2,1-4H3,(H,14,15). The number of rotatable bonds is 9. The summed E-state index contributed by atoms with van der Waals surface area (Å²) in [5.41, 5.74) is -1.44. The minimum Gasteiger partial charge on any atom is -0.480 e. The lowest BCUT2D eigenvalue weighted by Gasteiger charge is -2.30. The van der Waals surface area contributed by atoms with Crippen LogP contribution in [0.1, 0.15) is 40.0 Å². The summed E-state index contributed by atoms with van der Waals surface area (Å²) in [5, 5.41) is 9.42. The molecule has 0 saturated carbocycles. The molecule has 0 radical (unpaired) electrons. The minimum absolute atomic E-state index is 0.193. The molecule has 1 atom stereocenters. The van der Waals surface area contributed by atoms with Crippen LogP contribution in [0.2, 0.25) is 0 Å². The third-order valence-electron chi connectivity index (χ3n) is 3.18. The summed E-state index contributed by atoms with van der Waals surface area (Å²) < 4.78 is 9.86. The molecule has 0 aliphatic carbocycles. The maximum atomic E-state index is 12.0. The number of hydrogen-bond acceptors (Lipinski definition) is 4. The van der Waals surface area contributed by atoms with E-state index in [4.69, 9.17) is 9.47 Å². The highest BCUT2D eigenvalue weighted by Gasteiger charge is 2.49. The molecule has 0 aromatic carbocycles. The molecule has 1 N–H and O–H groups in total. The summed E-state index contributed by atoms with van der Waals surface area (Å²) in [6, 6.07) is 0. The first kappa shape index (κ1) is 16.9. The van der Waals surface area contributed by atoms with Crippen LogP contribution in [-0.4, -0.2) is 37.4 Å². The van der Waals surface area contributed by atoms with E-state index in [1.165, 1.54) is 0 Å². The van der Waals surface area contributed by atoms with E-state index in [-0.39, 0.29) is 18.9 Å². The van der Waals surface area contributed by atoms with Crippen LogP contribution in [0.15, 0.2) is 0 Å². The fourth-order valence-electron chi connectivity index (χ4n) is 1.98. The summed E-state index contributed by atoms with van der Waals surface area (Å²) in [6.45, 7) is 5.91. The molecular formula is C13H24O5. The highest BCUT2D eigenvalue weighted by atomic mass is 16.5. The van der Waals surface area contributed by atoms with Gasteiger partial charge in [-0.3, -0.25) is 9.59 Å². The topological polar surface area (TPSA) is 72.8 Å². The van der Waals surface area contributed by atoms with E-state index in [0.29, 0.717) is 13.0 Å². The SMILES string of the molecule is CCOC(=O)C(CCCCOC)(C(=O)O)C(C)C. The van der Waals surface area contributed by atoms with Gasteiger partial charge in [-0.15, -0.1) is 0 Å². The molecule has 106 valence electrons. The fraction of sp³-hybridized carbons (Fsp3) is 0.846. The molecule has 18 heavy (non-hydrogen) atoms. The number of carboxylic acid groups (broad SMARTS) is 1. The molecule has 0 rings (SSSR count). The third kappa shape index (κ3) is 3.98. The van der Waals surface area contributed by atoms with Gasteiger partial charge in [-0.25, -0.2) is 0 Å². The van der Waals surface area contributed by atoms with Crippen molar-refractivity contribution in [1.29, 1.82) is 0 Å². The molecule has 1 unspecified atom stereocenters. The Kier molecular flexibility index (Phi) is 7.59. The van der Waals surface area contributed by atoms with Gasteiger partial charge < -0.3 is 14.6 Å². The number of hydrogen-bond donors (Lipinski definition) is 1. The summed E-state index contributed by atoms with van der Waals surface area (Å²) in [5.74, 6) is -2.05. The summed E-state index contributed by atoms with van der Waals surface area (Å²) in [7, 11) is 1.60. The molecule has 0 spiro atoms. The van der Waals surface area contributed by atoms with Crippen LogP contribution in [0.5, 0.6) is 0 Å². The Morgan fingerprint density at radius 3 is 2.28 bits per heavy atom. The van der Waals surface area contributed by atoms with E-state index in [1.54, 1.807) is 27.9 Å². The van der Waals surface area contributed by atoms with Gasteiger partial charge in [0.15, 0.2) is 5.41 Å². The molecule has 0 amide bonds. The normalized spacial score (nSPS) is 14.3. The highest BCUT2D eigenvalue weighted by Crippen LogP contribution is 2.35. The van der Waals surface area contributed by atoms with Gasteiger partial charge in [0.2, 0.25) is 0 Å².